The summed E-state index contributed by atoms with van der Waals surface area (Å²) in [6, 6.07) is 7.83. The predicted molar refractivity (Wildman–Crippen MR) is 87.7 cm³/mol. The number of halogens is 1. The van der Waals surface area contributed by atoms with E-state index < -0.39 is 0 Å². The van der Waals surface area contributed by atoms with E-state index in [9.17, 15) is 9.90 Å². The molecule has 1 saturated carbocycles. The Morgan fingerprint density at radius 2 is 2.10 bits per heavy atom. The van der Waals surface area contributed by atoms with E-state index >= 15 is 0 Å². The Labute approximate surface area is 135 Å². The van der Waals surface area contributed by atoms with E-state index in [4.69, 9.17) is 11.6 Å². The first-order valence-electron chi connectivity index (χ1n) is 7.25. The fraction of sp³-hybridized carbons (Fsp3) is 0.562. The molecule has 1 aliphatic rings. The molecule has 3 nitrogen and oxygen atoms in total. The van der Waals surface area contributed by atoms with Gasteiger partial charge < -0.3 is 10.4 Å². The summed E-state index contributed by atoms with van der Waals surface area (Å²) >= 11 is 7.57. The number of hydrogen-bond acceptors (Lipinski definition) is 3. The molecule has 116 valence electrons. The van der Waals surface area contributed by atoms with Crippen LogP contribution in [0.2, 0.25) is 5.02 Å². The van der Waals surface area contributed by atoms with Gasteiger partial charge >= 0.3 is 0 Å². The maximum Gasteiger partial charge on any atom is 0.220 e. The molecule has 1 fully saturated rings. The molecule has 1 aromatic carbocycles. The number of rotatable bonds is 6. The molecule has 2 unspecified atom stereocenters. The van der Waals surface area contributed by atoms with Crippen LogP contribution in [0.25, 0.3) is 0 Å². The number of thioether (sulfide) groups is 1. The van der Waals surface area contributed by atoms with Crippen LogP contribution in [0.3, 0.4) is 0 Å². The number of aliphatic hydroxyl groups is 1. The van der Waals surface area contributed by atoms with Crippen molar-refractivity contribution in [3.05, 3.63) is 29.3 Å². The molecular formula is C16H22ClNO2S. The highest BCUT2D eigenvalue weighted by molar-refractivity contribution is 7.99. The number of hydrogen-bond donors (Lipinski definition) is 2. The van der Waals surface area contributed by atoms with Crippen LogP contribution in [0.15, 0.2) is 29.2 Å². The lowest BCUT2D eigenvalue weighted by atomic mass is 9.64. The van der Waals surface area contributed by atoms with Crippen molar-refractivity contribution in [1.29, 1.82) is 0 Å². The molecule has 0 aromatic heterocycles. The smallest absolute Gasteiger partial charge is 0.220 e. The van der Waals surface area contributed by atoms with E-state index in [0.717, 1.165) is 17.2 Å². The minimum absolute atomic E-state index is 0.0803. The second-order valence-corrected chi connectivity index (χ2v) is 7.70. The van der Waals surface area contributed by atoms with Gasteiger partial charge in [-0.25, -0.2) is 0 Å². The van der Waals surface area contributed by atoms with Crippen molar-refractivity contribution in [3.8, 4) is 0 Å². The quantitative estimate of drug-likeness (QED) is 0.621. The van der Waals surface area contributed by atoms with Gasteiger partial charge in [-0.05, 0) is 42.9 Å². The Hall–Kier alpha value is -0.710. The van der Waals surface area contributed by atoms with Crippen LogP contribution in [0.1, 0.15) is 33.1 Å². The predicted octanol–water partition coefficient (Wildman–Crippen LogP) is 3.49. The zero-order chi connectivity index (χ0) is 15.5. The molecule has 1 amide bonds. The highest BCUT2D eigenvalue weighted by Gasteiger charge is 2.47. The lowest BCUT2D eigenvalue weighted by Gasteiger charge is -2.49. The summed E-state index contributed by atoms with van der Waals surface area (Å²) in [5.74, 6) is 0.989. The molecular weight excluding hydrogens is 306 g/mol. The SMILES string of the molecule is CC1(C)C(O)CC1NC(=O)CCCSc1ccc(Cl)cc1. The molecule has 1 aromatic rings. The fourth-order valence-corrected chi connectivity index (χ4v) is 3.35. The van der Waals surface area contributed by atoms with E-state index in [0.29, 0.717) is 12.8 Å². The van der Waals surface area contributed by atoms with Crippen LogP contribution in [0.5, 0.6) is 0 Å². The van der Waals surface area contributed by atoms with Crippen molar-refractivity contribution < 1.29 is 9.90 Å². The van der Waals surface area contributed by atoms with Gasteiger partial charge in [0.05, 0.1) is 6.10 Å². The first kappa shape index (κ1) is 16.7. The minimum Gasteiger partial charge on any atom is -0.392 e. The summed E-state index contributed by atoms with van der Waals surface area (Å²) in [4.78, 5) is 13.0. The third-order valence-corrected chi connectivity index (χ3v) is 5.53. The first-order valence-corrected chi connectivity index (χ1v) is 8.62. The van der Waals surface area contributed by atoms with Crippen molar-refractivity contribution in [1.82, 2.24) is 5.32 Å². The number of carbonyl (C=O) groups excluding carboxylic acids is 1. The van der Waals surface area contributed by atoms with Crippen LogP contribution in [0, 0.1) is 5.41 Å². The molecule has 0 heterocycles. The highest BCUT2D eigenvalue weighted by Crippen LogP contribution is 2.40. The number of nitrogens with one attached hydrogen (secondary N) is 1. The van der Waals surface area contributed by atoms with Crippen molar-refractivity contribution in [2.45, 2.75) is 50.2 Å². The van der Waals surface area contributed by atoms with Gasteiger partial charge in [0, 0.05) is 27.8 Å². The molecule has 5 heteroatoms. The lowest BCUT2D eigenvalue weighted by molar-refractivity contribution is -0.129. The Morgan fingerprint density at radius 1 is 1.43 bits per heavy atom. The Balaban J connectivity index is 1.63. The van der Waals surface area contributed by atoms with Crippen LogP contribution >= 0.6 is 23.4 Å². The highest BCUT2D eigenvalue weighted by atomic mass is 35.5. The van der Waals surface area contributed by atoms with Gasteiger partial charge in [0.1, 0.15) is 0 Å². The number of aliphatic hydroxyl groups excluding tert-OH is 1. The lowest BCUT2D eigenvalue weighted by Crippen LogP contribution is -2.61. The maximum absolute atomic E-state index is 11.9. The Bertz CT molecular complexity index is 490. The van der Waals surface area contributed by atoms with Crippen molar-refractivity contribution >= 4 is 29.3 Å². The van der Waals surface area contributed by atoms with E-state index in [-0.39, 0.29) is 23.5 Å². The van der Waals surface area contributed by atoms with E-state index in [1.54, 1.807) is 11.8 Å². The number of amides is 1. The first-order chi connectivity index (χ1) is 9.89. The van der Waals surface area contributed by atoms with Crippen molar-refractivity contribution in [2.24, 2.45) is 5.41 Å². The van der Waals surface area contributed by atoms with E-state index in [1.165, 1.54) is 4.90 Å². The van der Waals surface area contributed by atoms with Crippen molar-refractivity contribution in [2.75, 3.05) is 5.75 Å². The molecule has 0 bridgehead atoms. The molecule has 0 spiro atoms. The van der Waals surface area contributed by atoms with Crippen molar-refractivity contribution in [3.63, 3.8) is 0 Å². The van der Waals surface area contributed by atoms with E-state index in [1.807, 2.05) is 38.1 Å². The van der Waals surface area contributed by atoms with Gasteiger partial charge in [-0.1, -0.05) is 25.4 Å². The molecule has 2 atom stereocenters. The monoisotopic (exact) mass is 327 g/mol. The van der Waals surface area contributed by atoms with E-state index in [2.05, 4.69) is 5.32 Å². The summed E-state index contributed by atoms with van der Waals surface area (Å²) in [5, 5.41) is 13.4. The largest absolute Gasteiger partial charge is 0.392 e. The second kappa shape index (κ2) is 7.03. The molecule has 0 radical (unpaired) electrons. The molecule has 1 aliphatic carbocycles. The Kier molecular flexibility index (Phi) is 5.58. The standard InChI is InChI=1S/C16H22ClNO2S/c1-16(2)13(10-14(16)19)18-15(20)4-3-9-21-12-7-5-11(17)6-8-12/h5-8,13-14,19H,3-4,9-10H2,1-2H3,(H,18,20). The normalized spacial score (nSPS) is 23.4. The zero-order valence-corrected chi connectivity index (χ0v) is 14.0. The zero-order valence-electron chi connectivity index (χ0n) is 12.4. The fourth-order valence-electron chi connectivity index (χ4n) is 2.37. The van der Waals surface area contributed by atoms with Gasteiger partial charge in [-0.2, -0.15) is 0 Å². The van der Waals surface area contributed by atoms with Gasteiger partial charge in [-0.15, -0.1) is 11.8 Å². The molecule has 0 aliphatic heterocycles. The average Bonchev–Trinajstić information content (AvgIpc) is 2.45. The average molecular weight is 328 g/mol. The third-order valence-electron chi connectivity index (χ3n) is 4.18. The van der Waals surface area contributed by atoms with Gasteiger partial charge in [0.25, 0.3) is 0 Å². The van der Waals surface area contributed by atoms with Gasteiger partial charge in [-0.3, -0.25) is 4.79 Å². The number of benzene rings is 1. The molecule has 21 heavy (non-hydrogen) atoms. The topological polar surface area (TPSA) is 49.3 Å². The molecule has 2 N–H and O–H groups in total. The molecule has 0 saturated heterocycles. The third kappa shape index (κ3) is 4.38. The number of carbonyl (C=O) groups is 1. The van der Waals surface area contributed by atoms with Gasteiger partial charge in [0.2, 0.25) is 5.91 Å². The van der Waals surface area contributed by atoms with Gasteiger partial charge in [0.15, 0.2) is 0 Å². The summed E-state index contributed by atoms with van der Waals surface area (Å²) < 4.78 is 0. The summed E-state index contributed by atoms with van der Waals surface area (Å²) in [7, 11) is 0. The summed E-state index contributed by atoms with van der Waals surface area (Å²) in [5.41, 5.74) is -0.201. The van der Waals surface area contributed by atoms with Crippen LogP contribution < -0.4 is 5.32 Å². The van der Waals surface area contributed by atoms with Crippen LogP contribution in [-0.4, -0.2) is 28.9 Å². The van der Waals surface area contributed by atoms with Crippen LogP contribution in [0.4, 0.5) is 0 Å². The second-order valence-electron chi connectivity index (χ2n) is 6.10. The van der Waals surface area contributed by atoms with Crippen LogP contribution in [-0.2, 0) is 4.79 Å². The molecule has 2 rings (SSSR count). The minimum atomic E-state index is -0.303. The maximum atomic E-state index is 11.9. The Morgan fingerprint density at radius 3 is 2.67 bits per heavy atom. The summed E-state index contributed by atoms with van der Waals surface area (Å²) in [6.45, 7) is 3.98. The summed E-state index contributed by atoms with van der Waals surface area (Å²) in [6.07, 6.45) is 1.74.